The summed E-state index contributed by atoms with van der Waals surface area (Å²) in [4.78, 5) is 4.34. The highest BCUT2D eigenvalue weighted by atomic mass is 79.9. The van der Waals surface area contributed by atoms with Gasteiger partial charge < -0.3 is 5.32 Å². The molecule has 2 aromatic carbocycles. The summed E-state index contributed by atoms with van der Waals surface area (Å²) >= 11 is 16.0. The molecule has 24 heavy (non-hydrogen) atoms. The van der Waals surface area contributed by atoms with Crippen LogP contribution >= 0.6 is 39.1 Å². The Morgan fingerprint density at radius 3 is 2.83 bits per heavy atom. The number of aromatic nitrogens is 3. The molecule has 0 unspecified atom stereocenters. The van der Waals surface area contributed by atoms with E-state index in [9.17, 15) is 0 Å². The zero-order chi connectivity index (χ0) is 16.7. The normalized spacial score (nSPS) is 19.6. The Morgan fingerprint density at radius 2 is 2.04 bits per heavy atom. The van der Waals surface area contributed by atoms with Crippen LogP contribution in [0.3, 0.4) is 0 Å². The van der Waals surface area contributed by atoms with Gasteiger partial charge in [-0.25, -0.2) is 4.68 Å². The van der Waals surface area contributed by atoms with Gasteiger partial charge in [-0.3, -0.25) is 0 Å². The summed E-state index contributed by atoms with van der Waals surface area (Å²) in [7, 11) is 0. The summed E-state index contributed by atoms with van der Waals surface area (Å²) in [5, 5.41) is 9.09. The first-order valence-electron chi connectivity index (χ1n) is 7.48. The SMILES string of the molecule is Clc1ccc([C@@H]2C[C@H](c3cccc(Br)c3)n3ncnc3N2)c(Cl)c1. The largest absolute Gasteiger partial charge is 0.347 e. The van der Waals surface area contributed by atoms with Gasteiger partial charge >= 0.3 is 0 Å². The molecule has 2 atom stereocenters. The molecule has 122 valence electrons. The molecule has 4 rings (SSSR count). The fourth-order valence-corrected chi connectivity index (χ4v) is 4.06. The molecule has 0 saturated heterocycles. The first-order valence-corrected chi connectivity index (χ1v) is 9.03. The average molecular weight is 424 g/mol. The van der Waals surface area contributed by atoms with Crippen LogP contribution < -0.4 is 5.32 Å². The van der Waals surface area contributed by atoms with E-state index in [4.69, 9.17) is 23.2 Å². The summed E-state index contributed by atoms with van der Waals surface area (Å²) in [6.07, 6.45) is 2.38. The van der Waals surface area contributed by atoms with Crippen molar-refractivity contribution in [3.63, 3.8) is 0 Å². The standard InChI is InChI=1S/C17H13BrCl2N4/c18-11-3-1-2-10(6-11)16-8-15(23-17-21-9-22-24(16)17)13-5-4-12(19)7-14(13)20/h1-7,9,15-16H,8H2,(H,21,22,23)/t15-,16+/m0/s1. The maximum absolute atomic E-state index is 6.41. The maximum Gasteiger partial charge on any atom is 0.222 e. The third kappa shape index (κ3) is 2.92. The van der Waals surface area contributed by atoms with Crippen LogP contribution in [0.4, 0.5) is 5.95 Å². The molecule has 0 amide bonds. The van der Waals surface area contributed by atoms with Gasteiger partial charge in [-0.05, 0) is 41.8 Å². The minimum Gasteiger partial charge on any atom is -0.347 e. The quantitative estimate of drug-likeness (QED) is 0.592. The second kappa shape index (κ2) is 6.39. The van der Waals surface area contributed by atoms with Gasteiger partial charge in [-0.15, -0.1) is 0 Å². The summed E-state index contributed by atoms with van der Waals surface area (Å²) in [6.45, 7) is 0. The summed E-state index contributed by atoms with van der Waals surface area (Å²) in [5.74, 6) is 0.738. The second-order valence-electron chi connectivity index (χ2n) is 5.70. The van der Waals surface area contributed by atoms with Crippen molar-refractivity contribution in [1.82, 2.24) is 14.8 Å². The van der Waals surface area contributed by atoms with Gasteiger partial charge in [0.15, 0.2) is 0 Å². The van der Waals surface area contributed by atoms with E-state index in [1.165, 1.54) is 5.56 Å². The van der Waals surface area contributed by atoms with Gasteiger partial charge in [0.05, 0.1) is 12.1 Å². The van der Waals surface area contributed by atoms with Crippen LogP contribution in [0.25, 0.3) is 0 Å². The van der Waals surface area contributed by atoms with E-state index in [0.29, 0.717) is 10.0 Å². The van der Waals surface area contributed by atoms with E-state index < -0.39 is 0 Å². The zero-order valence-corrected chi connectivity index (χ0v) is 15.6. The number of nitrogens with zero attached hydrogens (tertiary/aromatic N) is 3. The van der Waals surface area contributed by atoms with E-state index in [1.807, 2.05) is 28.9 Å². The monoisotopic (exact) mass is 422 g/mol. The van der Waals surface area contributed by atoms with Gasteiger partial charge in [0.1, 0.15) is 6.33 Å². The number of rotatable bonds is 2. The molecule has 2 heterocycles. The smallest absolute Gasteiger partial charge is 0.222 e. The van der Waals surface area contributed by atoms with Crippen LogP contribution in [0.15, 0.2) is 53.3 Å². The van der Waals surface area contributed by atoms with Crippen molar-refractivity contribution < 1.29 is 0 Å². The van der Waals surface area contributed by atoms with Crippen molar-refractivity contribution in [1.29, 1.82) is 0 Å². The van der Waals surface area contributed by atoms with Crippen LogP contribution in [0.5, 0.6) is 0 Å². The highest BCUT2D eigenvalue weighted by Gasteiger charge is 2.30. The first kappa shape index (κ1) is 15.9. The van der Waals surface area contributed by atoms with E-state index >= 15 is 0 Å². The van der Waals surface area contributed by atoms with Crippen molar-refractivity contribution in [3.05, 3.63) is 74.4 Å². The number of hydrogen-bond acceptors (Lipinski definition) is 3. The Labute approximate surface area is 157 Å². The molecule has 0 fully saturated rings. The van der Waals surface area contributed by atoms with Gasteiger partial charge in [0, 0.05) is 14.5 Å². The molecule has 3 aromatic rings. The van der Waals surface area contributed by atoms with Crippen molar-refractivity contribution in [2.45, 2.75) is 18.5 Å². The molecule has 7 heteroatoms. The minimum atomic E-state index is 0.0375. The lowest BCUT2D eigenvalue weighted by molar-refractivity contribution is 0.431. The summed E-state index contributed by atoms with van der Waals surface area (Å²) < 4.78 is 2.96. The molecule has 1 aliphatic heterocycles. The Hall–Kier alpha value is -1.56. The zero-order valence-electron chi connectivity index (χ0n) is 12.5. The number of benzene rings is 2. The molecular formula is C17H13BrCl2N4. The minimum absolute atomic E-state index is 0.0375. The van der Waals surface area contributed by atoms with Crippen molar-refractivity contribution in [2.24, 2.45) is 0 Å². The lowest BCUT2D eigenvalue weighted by atomic mass is 9.93. The number of anilines is 1. The molecule has 1 aromatic heterocycles. The van der Waals surface area contributed by atoms with Crippen LogP contribution in [0.2, 0.25) is 10.0 Å². The number of nitrogens with one attached hydrogen (secondary N) is 1. The maximum atomic E-state index is 6.41. The third-order valence-electron chi connectivity index (χ3n) is 4.20. The fraction of sp³-hybridized carbons (Fsp3) is 0.176. The Kier molecular flexibility index (Phi) is 4.24. The molecule has 4 nitrogen and oxygen atoms in total. The molecule has 1 N–H and O–H groups in total. The molecule has 1 aliphatic rings. The van der Waals surface area contributed by atoms with Gasteiger partial charge in [-0.2, -0.15) is 10.1 Å². The molecular weight excluding hydrogens is 411 g/mol. The third-order valence-corrected chi connectivity index (χ3v) is 5.26. The highest BCUT2D eigenvalue weighted by Crippen LogP contribution is 2.40. The highest BCUT2D eigenvalue weighted by molar-refractivity contribution is 9.10. The predicted molar refractivity (Wildman–Crippen MR) is 99.7 cm³/mol. The van der Waals surface area contributed by atoms with E-state index in [0.717, 1.165) is 22.4 Å². The van der Waals surface area contributed by atoms with Crippen LogP contribution in [0, 0.1) is 0 Å². The second-order valence-corrected chi connectivity index (χ2v) is 7.46. The average Bonchev–Trinajstić information content (AvgIpc) is 3.02. The van der Waals surface area contributed by atoms with Gasteiger partial charge in [0.2, 0.25) is 5.95 Å². The van der Waals surface area contributed by atoms with Crippen molar-refractivity contribution in [2.75, 3.05) is 5.32 Å². The molecule has 0 spiro atoms. The molecule has 0 bridgehead atoms. The first-order chi connectivity index (χ1) is 11.6. The Morgan fingerprint density at radius 1 is 1.17 bits per heavy atom. The molecule has 0 radical (unpaired) electrons. The summed E-state index contributed by atoms with van der Waals surface area (Å²) in [6, 6.07) is 14.0. The molecule has 0 saturated carbocycles. The lowest BCUT2D eigenvalue weighted by Gasteiger charge is -2.32. The van der Waals surface area contributed by atoms with Crippen molar-refractivity contribution in [3.8, 4) is 0 Å². The van der Waals surface area contributed by atoms with Crippen LogP contribution in [0.1, 0.15) is 29.6 Å². The number of hydrogen-bond donors (Lipinski definition) is 1. The van der Waals surface area contributed by atoms with E-state index in [1.54, 1.807) is 12.4 Å². The summed E-state index contributed by atoms with van der Waals surface area (Å²) in [5.41, 5.74) is 2.18. The van der Waals surface area contributed by atoms with E-state index in [-0.39, 0.29) is 12.1 Å². The van der Waals surface area contributed by atoms with Crippen molar-refractivity contribution >= 4 is 45.1 Å². The van der Waals surface area contributed by atoms with Gasteiger partial charge in [-0.1, -0.05) is 57.3 Å². The van der Waals surface area contributed by atoms with Crippen LogP contribution in [-0.4, -0.2) is 14.8 Å². The molecule has 0 aliphatic carbocycles. The fourth-order valence-electron chi connectivity index (χ4n) is 3.10. The topological polar surface area (TPSA) is 42.7 Å². The Bertz CT molecular complexity index is 896. The van der Waals surface area contributed by atoms with E-state index in [2.05, 4.69) is 43.5 Å². The Balaban J connectivity index is 1.76. The number of fused-ring (bicyclic) bond motifs is 1. The lowest BCUT2D eigenvalue weighted by Crippen LogP contribution is -2.28. The van der Waals surface area contributed by atoms with Gasteiger partial charge in [0.25, 0.3) is 0 Å². The number of halogens is 3. The predicted octanol–water partition coefficient (Wildman–Crippen LogP) is 5.49. The van der Waals surface area contributed by atoms with Crippen LogP contribution in [-0.2, 0) is 0 Å².